The number of sulfonamides is 1. The van der Waals surface area contributed by atoms with Crippen molar-refractivity contribution in [1.82, 2.24) is 9.46 Å². The molecule has 0 bridgehead atoms. The molecule has 26 heavy (non-hydrogen) atoms. The average molecular weight is 379 g/mol. The van der Waals surface area contributed by atoms with Crippen LogP contribution in [-0.4, -0.2) is 36.9 Å². The highest BCUT2D eigenvalue weighted by atomic mass is 32.2. The highest BCUT2D eigenvalue weighted by molar-refractivity contribution is 7.89. The predicted molar refractivity (Wildman–Crippen MR) is 99.6 cm³/mol. The molecule has 0 aliphatic rings. The molecule has 1 aromatic carbocycles. The third-order valence-electron chi connectivity index (χ3n) is 4.34. The first-order chi connectivity index (χ1) is 12.2. The summed E-state index contributed by atoms with van der Waals surface area (Å²) < 4.78 is 31.8. The van der Waals surface area contributed by atoms with Gasteiger partial charge in [0, 0.05) is 24.3 Å². The summed E-state index contributed by atoms with van der Waals surface area (Å²) >= 11 is 0. The first kappa shape index (κ1) is 20.1. The summed E-state index contributed by atoms with van der Waals surface area (Å²) in [5, 5.41) is 6.64. The van der Waals surface area contributed by atoms with Gasteiger partial charge in [0.15, 0.2) is 0 Å². The minimum absolute atomic E-state index is 0.119. The van der Waals surface area contributed by atoms with E-state index in [-0.39, 0.29) is 17.2 Å². The minimum atomic E-state index is -3.58. The number of hydrogen-bond donors (Lipinski definition) is 1. The molecule has 0 atom stereocenters. The van der Waals surface area contributed by atoms with Gasteiger partial charge in [0.25, 0.3) is 0 Å². The molecule has 2 aromatic rings. The van der Waals surface area contributed by atoms with Gasteiger partial charge in [0.2, 0.25) is 15.9 Å². The van der Waals surface area contributed by atoms with Crippen molar-refractivity contribution >= 4 is 21.6 Å². The number of aromatic nitrogens is 1. The van der Waals surface area contributed by atoms with Crippen LogP contribution in [0.25, 0.3) is 0 Å². The van der Waals surface area contributed by atoms with Gasteiger partial charge in [-0.25, -0.2) is 8.42 Å². The minimum Gasteiger partial charge on any atom is -0.361 e. The van der Waals surface area contributed by atoms with Gasteiger partial charge in [0.05, 0.1) is 17.0 Å². The molecule has 0 saturated carbocycles. The van der Waals surface area contributed by atoms with Crippen molar-refractivity contribution in [3.63, 3.8) is 0 Å². The van der Waals surface area contributed by atoms with Crippen LogP contribution in [0.4, 0.5) is 5.69 Å². The summed E-state index contributed by atoms with van der Waals surface area (Å²) in [5.41, 5.74) is 2.69. The van der Waals surface area contributed by atoms with Gasteiger partial charge in [-0.05, 0) is 38.5 Å². The maximum atomic E-state index is 12.7. The van der Waals surface area contributed by atoms with Crippen molar-refractivity contribution in [3.8, 4) is 0 Å². The zero-order valence-corrected chi connectivity index (χ0v) is 16.6. The molecule has 1 aromatic heterocycles. The number of aryl methyl sites for hydroxylation is 3. The van der Waals surface area contributed by atoms with E-state index >= 15 is 0 Å². The zero-order chi connectivity index (χ0) is 19.5. The number of nitrogens with zero attached hydrogens (tertiary/aromatic N) is 2. The number of carbonyl (C=O) groups is 1. The summed E-state index contributed by atoms with van der Waals surface area (Å²) in [4.78, 5) is 12.6. The van der Waals surface area contributed by atoms with Crippen molar-refractivity contribution in [3.05, 3.63) is 40.8 Å². The maximum absolute atomic E-state index is 12.7. The van der Waals surface area contributed by atoms with E-state index in [9.17, 15) is 13.2 Å². The summed E-state index contributed by atoms with van der Waals surface area (Å²) in [6.45, 7) is 9.72. The number of hydrogen-bond acceptors (Lipinski definition) is 5. The third kappa shape index (κ3) is 4.13. The number of amides is 1. The van der Waals surface area contributed by atoms with Gasteiger partial charge >= 0.3 is 0 Å². The molecule has 0 spiro atoms. The van der Waals surface area contributed by atoms with Crippen molar-refractivity contribution in [2.45, 2.75) is 45.9 Å². The van der Waals surface area contributed by atoms with E-state index in [0.717, 1.165) is 11.1 Å². The average Bonchev–Trinajstić information content (AvgIpc) is 2.89. The highest BCUT2D eigenvalue weighted by Gasteiger charge is 2.22. The second kappa shape index (κ2) is 8.01. The summed E-state index contributed by atoms with van der Waals surface area (Å²) in [6.07, 6.45) is 0.119. The van der Waals surface area contributed by atoms with E-state index in [4.69, 9.17) is 4.52 Å². The van der Waals surface area contributed by atoms with Gasteiger partial charge < -0.3 is 9.84 Å². The molecule has 1 amide bonds. The Morgan fingerprint density at radius 3 is 2.38 bits per heavy atom. The van der Waals surface area contributed by atoms with Crippen molar-refractivity contribution in [2.75, 3.05) is 18.4 Å². The van der Waals surface area contributed by atoms with E-state index < -0.39 is 10.0 Å². The molecule has 0 radical (unpaired) electrons. The first-order valence-electron chi connectivity index (χ1n) is 8.53. The molecule has 0 fully saturated rings. The summed E-state index contributed by atoms with van der Waals surface area (Å²) in [6, 6.07) is 4.77. The second-order valence-electron chi connectivity index (χ2n) is 6.09. The zero-order valence-electron chi connectivity index (χ0n) is 15.8. The molecule has 2 rings (SSSR count). The van der Waals surface area contributed by atoms with Crippen molar-refractivity contribution < 1.29 is 17.7 Å². The molecular formula is C18H25N3O4S. The standard InChI is InChI=1S/C18H25N3O4S/c1-6-21(7-2)26(23,24)15-9-8-12(3)17(10-15)19-18(22)11-16-13(4)20-25-14(16)5/h8-10H,6-7,11H2,1-5H3,(H,19,22). The van der Waals surface area contributed by atoms with Crippen LogP contribution in [0.5, 0.6) is 0 Å². The smallest absolute Gasteiger partial charge is 0.243 e. The number of rotatable bonds is 7. The van der Waals surface area contributed by atoms with Crippen LogP contribution in [0.1, 0.15) is 36.4 Å². The SMILES string of the molecule is CCN(CC)S(=O)(=O)c1ccc(C)c(NC(=O)Cc2c(C)noc2C)c1. The second-order valence-corrected chi connectivity index (χ2v) is 8.03. The molecule has 0 aliphatic carbocycles. The molecule has 0 saturated heterocycles. The molecule has 0 aliphatic heterocycles. The van der Waals surface area contributed by atoms with Gasteiger partial charge in [-0.15, -0.1) is 0 Å². The molecular weight excluding hydrogens is 354 g/mol. The Balaban J connectivity index is 2.26. The van der Waals surface area contributed by atoms with Crippen LogP contribution in [0, 0.1) is 20.8 Å². The van der Waals surface area contributed by atoms with E-state index in [1.54, 1.807) is 39.8 Å². The number of carbonyl (C=O) groups excluding carboxylic acids is 1. The van der Waals surface area contributed by atoms with Crippen molar-refractivity contribution in [1.29, 1.82) is 0 Å². The van der Waals surface area contributed by atoms with Crippen LogP contribution in [0.2, 0.25) is 0 Å². The fourth-order valence-corrected chi connectivity index (χ4v) is 4.20. The van der Waals surface area contributed by atoms with Gasteiger partial charge in [-0.2, -0.15) is 4.31 Å². The highest BCUT2D eigenvalue weighted by Crippen LogP contribution is 2.23. The molecule has 8 heteroatoms. The van der Waals surface area contributed by atoms with E-state index in [1.807, 2.05) is 6.92 Å². The Kier molecular flexibility index (Phi) is 6.20. The van der Waals surface area contributed by atoms with Gasteiger partial charge in [-0.3, -0.25) is 4.79 Å². The third-order valence-corrected chi connectivity index (χ3v) is 6.39. The molecule has 7 nitrogen and oxygen atoms in total. The van der Waals surface area contributed by atoms with Crippen LogP contribution in [-0.2, 0) is 21.2 Å². The lowest BCUT2D eigenvalue weighted by Gasteiger charge is -2.19. The topological polar surface area (TPSA) is 92.5 Å². The van der Waals surface area contributed by atoms with E-state index in [1.165, 1.54) is 10.4 Å². The van der Waals surface area contributed by atoms with E-state index in [2.05, 4.69) is 10.5 Å². The Hall–Kier alpha value is -2.19. The largest absolute Gasteiger partial charge is 0.361 e. The first-order valence-corrected chi connectivity index (χ1v) is 9.97. The quantitative estimate of drug-likeness (QED) is 0.798. The summed E-state index contributed by atoms with van der Waals surface area (Å²) in [7, 11) is -3.58. The Morgan fingerprint density at radius 1 is 1.19 bits per heavy atom. The van der Waals surface area contributed by atoms with E-state index in [0.29, 0.717) is 30.2 Å². The van der Waals surface area contributed by atoms with Crippen molar-refractivity contribution in [2.24, 2.45) is 0 Å². The van der Waals surface area contributed by atoms with Crippen LogP contribution >= 0.6 is 0 Å². The van der Waals surface area contributed by atoms with Crippen LogP contribution < -0.4 is 5.32 Å². The Morgan fingerprint density at radius 2 is 1.85 bits per heavy atom. The number of nitrogens with one attached hydrogen (secondary N) is 1. The number of benzene rings is 1. The Labute approximate surface area is 154 Å². The molecule has 0 unspecified atom stereocenters. The lowest BCUT2D eigenvalue weighted by atomic mass is 10.1. The predicted octanol–water partition coefficient (Wildman–Crippen LogP) is 2.81. The monoisotopic (exact) mass is 379 g/mol. The maximum Gasteiger partial charge on any atom is 0.243 e. The molecule has 1 heterocycles. The Bertz CT molecular complexity index is 880. The van der Waals surface area contributed by atoms with Gasteiger partial charge in [-0.1, -0.05) is 25.1 Å². The molecule has 1 N–H and O–H groups in total. The fourth-order valence-electron chi connectivity index (χ4n) is 2.72. The lowest BCUT2D eigenvalue weighted by molar-refractivity contribution is -0.115. The summed E-state index contributed by atoms with van der Waals surface area (Å²) in [5.74, 6) is 0.354. The van der Waals surface area contributed by atoms with Crippen LogP contribution in [0.15, 0.2) is 27.6 Å². The van der Waals surface area contributed by atoms with Gasteiger partial charge in [0.1, 0.15) is 5.76 Å². The fraction of sp³-hybridized carbons (Fsp3) is 0.444. The van der Waals surface area contributed by atoms with Crippen LogP contribution in [0.3, 0.4) is 0 Å². The molecule has 142 valence electrons. The lowest BCUT2D eigenvalue weighted by Crippen LogP contribution is -2.30. The number of anilines is 1. The normalized spacial score (nSPS) is 11.8.